The molecule has 25 heavy (non-hydrogen) atoms. The van der Waals surface area contributed by atoms with Gasteiger partial charge in [-0.1, -0.05) is 23.7 Å². The van der Waals surface area contributed by atoms with Gasteiger partial charge in [-0.05, 0) is 48.0 Å². The molecular weight excluding hydrogens is 341 g/mol. The van der Waals surface area contributed by atoms with Crippen LogP contribution in [0.5, 0.6) is 0 Å². The summed E-state index contributed by atoms with van der Waals surface area (Å²) in [6, 6.07) is 15.1. The lowest BCUT2D eigenvalue weighted by molar-refractivity contribution is 0.102. The number of amides is 1. The summed E-state index contributed by atoms with van der Waals surface area (Å²) >= 11 is 5.90. The van der Waals surface area contributed by atoms with Crippen LogP contribution in [0.1, 0.15) is 15.9 Å². The van der Waals surface area contributed by atoms with Gasteiger partial charge in [-0.15, -0.1) is 0 Å². The Morgan fingerprint density at radius 3 is 2.48 bits per heavy atom. The zero-order valence-corrected chi connectivity index (χ0v) is 13.9. The number of pyridine rings is 1. The molecule has 0 spiro atoms. The summed E-state index contributed by atoms with van der Waals surface area (Å²) in [5.74, 6) is -1.24. The lowest BCUT2D eigenvalue weighted by Crippen LogP contribution is -2.14. The van der Waals surface area contributed by atoms with Crippen LogP contribution >= 0.6 is 11.6 Å². The van der Waals surface area contributed by atoms with Gasteiger partial charge in [-0.25, -0.2) is 4.39 Å². The molecule has 0 fully saturated rings. The zero-order valence-electron chi connectivity index (χ0n) is 13.2. The van der Waals surface area contributed by atoms with E-state index >= 15 is 0 Å². The van der Waals surface area contributed by atoms with E-state index in [-0.39, 0.29) is 10.6 Å². The summed E-state index contributed by atoms with van der Waals surface area (Å²) in [7, 11) is 0. The normalized spacial score (nSPS) is 10.3. The minimum absolute atomic E-state index is 0.0762. The molecule has 0 unspecified atom stereocenters. The second-order valence-electron chi connectivity index (χ2n) is 5.34. The highest BCUT2D eigenvalue weighted by Gasteiger charge is 2.15. The highest BCUT2D eigenvalue weighted by molar-refractivity contribution is 6.34. The number of hydrogen-bond donors (Lipinski definition) is 2. The summed E-state index contributed by atoms with van der Waals surface area (Å²) in [5, 5.41) is 5.97. The standard InChI is InChI=1S/C19H15ClFN3O/c20-16-4-1-5-17(21)18(16)19(25)24-15-8-6-14(7-9-15)23-12-13-3-2-10-22-11-13/h1-11,23H,12H2,(H,24,25). The van der Waals surface area contributed by atoms with Gasteiger partial charge in [0.25, 0.3) is 5.91 Å². The summed E-state index contributed by atoms with van der Waals surface area (Å²) in [5.41, 5.74) is 2.35. The maximum absolute atomic E-state index is 13.8. The average molecular weight is 356 g/mol. The van der Waals surface area contributed by atoms with Gasteiger partial charge < -0.3 is 10.6 Å². The lowest BCUT2D eigenvalue weighted by atomic mass is 10.2. The Kier molecular flexibility index (Phi) is 5.26. The fourth-order valence-electron chi connectivity index (χ4n) is 2.29. The van der Waals surface area contributed by atoms with Crippen LogP contribution in [0.2, 0.25) is 5.02 Å². The van der Waals surface area contributed by atoms with E-state index < -0.39 is 11.7 Å². The van der Waals surface area contributed by atoms with Crippen molar-refractivity contribution in [1.82, 2.24) is 4.98 Å². The number of anilines is 2. The monoisotopic (exact) mass is 355 g/mol. The van der Waals surface area contributed by atoms with E-state index in [4.69, 9.17) is 11.6 Å². The molecule has 3 aromatic rings. The number of halogens is 2. The fourth-order valence-corrected chi connectivity index (χ4v) is 2.54. The van der Waals surface area contributed by atoms with Crippen molar-refractivity contribution in [3.8, 4) is 0 Å². The van der Waals surface area contributed by atoms with Gasteiger partial charge in [0.15, 0.2) is 0 Å². The Morgan fingerprint density at radius 1 is 1.04 bits per heavy atom. The topological polar surface area (TPSA) is 54.0 Å². The van der Waals surface area contributed by atoms with E-state index in [9.17, 15) is 9.18 Å². The van der Waals surface area contributed by atoms with Crippen LogP contribution in [0.4, 0.5) is 15.8 Å². The molecule has 1 aromatic heterocycles. The van der Waals surface area contributed by atoms with Gasteiger partial charge in [0.05, 0.1) is 10.6 Å². The molecule has 0 saturated heterocycles. The van der Waals surface area contributed by atoms with Crippen LogP contribution in [0.25, 0.3) is 0 Å². The zero-order chi connectivity index (χ0) is 17.6. The smallest absolute Gasteiger partial charge is 0.260 e. The molecule has 0 aliphatic rings. The fraction of sp³-hybridized carbons (Fsp3) is 0.0526. The number of rotatable bonds is 5. The summed E-state index contributed by atoms with van der Waals surface area (Å²) in [6.07, 6.45) is 3.52. The van der Waals surface area contributed by atoms with E-state index in [0.29, 0.717) is 12.2 Å². The first-order valence-electron chi connectivity index (χ1n) is 7.61. The first-order valence-corrected chi connectivity index (χ1v) is 7.99. The highest BCUT2D eigenvalue weighted by atomic mass is 35.5. The molecular formula is C19H15ClFN3O. The molecule has 0 saturated carbocycles. The van der Waals surface area contributed by atoms with E-state index in [1.165, 1.54) is 18.2 Å². The van der Waals surface area contributed by atoms with Crippen molar-refractivity contribution in [1.29, 1.82) is 0 Å². The Hall–Kier alpha value is -2.92. The van der Waals surface area contributed by atoms with Crippen LogP contribution in [0.3, 0.4) is 0 Å². The summed E-state index contributed by atoms with van der Waals surface area (Å²) in [4.78, 5) is 16.3. The summed E-state index contributed by atoms with van der Waals surface area (Å²) < 4.78 is 13.8. The van der Waals surface area contributed by atoms with Gasteiger partial charge in [0.2, 0.25) is 0 Å². The van der Waals surface area contributed by atoms with Gasteiger partial charge in [-0.2, -0.15) is 0 Å². The molecule has 0 bridgehead atoms. The second-order valence-corrected chi connectivity index (χ2v) is 5.75. The molecule has 6 heteroatoms. The number of carbonyl (C=O) groups excluding carboxylic acids is 1. The molecule has 0 radical (unpaired) electrons. The largest absolute Gasteiger partial charge is 0.381 e. The van der Waals surface area contributed by atoms with Crippen LogP contribution in [-0.4, -0.2) is 10.9 Å². The Bertz CT molecular complexity index is 849. The predicted octanol–water partition coefficient (Wildman–Crippen LogP) is 4.74. The van der Waals surface area contributed by atoms with E-state index in [2.05, 4.69) is 15.6 Å². The third-order valence-electron chi connectivity index (χ3n) is 3.55. The van der Waals surface area contributed by atoms with Crippen molar-refractivity contribution in [2.45, 2.75) is 6.54 Å². The van der Waals surface area contributed by atoms with E-state index in [0.717, 1.165) is 11.3 Å². The van der Waals surface area contributed by atoms with Crippen molar-refractivity contribution in [2.75, 3.05) is 10.6 Å². The molecule has 0 atom stereocenters. The Balaban J connectivity index is 1.63. The van der Waals surface area contributed by atoms with Gasteiger partial charge in [0, 0.05) is 30.3 Å². The number of aromatic nitrogens is 1. The minimum Gasteiger partial charge on any atom is -0.381 e. The first-order chi connectivity index (χ1) is 12.1. The molecule has 2 N–H and O–H groups in total. The van der Waals surface area contributed by atoms with Gasteiger partial charge in [-0.3, -0.25) is 9.78 Å². The van der Waals surface area contributed by atoms with Crippen molar-refractivity contribution >= 4 is 28.9 Å². The number of nitrogens with one attached hydrogen (secondary N) is 2. The third-order valence-corrected chi connectivity index (χ3v) is 3.87. The third kappa shape index (κ3) is 4.33. The van der Waals surface area contributed by atoms with Crippen molar-refractivity contribution in [3.63, 3.8) is 0 Å². The van der Waals surface area contributed by atoms with Crippen molar-refractivity contribution in [3.05, 3.63) is 89.0 Å². The Labute approximate surface area is 149 Å². The van der Waals surface area contributed by atoms with Gasteiger partial charge >= 0.3 is 0 Å². The molecule has 2 aromatic carbocycles. The minimum atomic E-state index is -0.653. The molecule has 0 aliphatic heterocycles. The molecule has 3 rings (SSSR count). The lowest BCUT2D eigenvalue weighted by Gasteiger charge is -2.10. The van der Waals surface area contributed by atoms with Crippen LogP contribution in [-0.2, 0) is 6.54 Å². The van der Waals surface area contributed by atoms with Gasteiger partial charge in [0.1, 0.15) is 5.82 Å². The number of nitrogens with zero attached hydrogens (tertiary/aromatic N) is 1. The predicted molar refractivity (Wildman–Crippen MR) is 97.4 cm³/mol. The quantitative estimate of drug-likeness (QED) is 0.695. The molecule has 1 amide bonds. The SMILES string of the molecule is O=C(Nc1ccc(NCc2cccnc2)cc1)c1c(F)cccc1Cl. The summed E-state index contributed by atoms with van der Waals surface area (Å²) in [6.45, 7) is 0.643. The van der Waals surface area contributed by atoms with Crippen molar-refractivity contribution in [2.24, 2.45) is 0 Å². The highest BCUT2D eigenvalue weighted by Crippen LogP contribution is 2.21. The average Bonchev–Trinajstić information content (AvgIpc) is 2.62. The molecule has 126 valence electrons. The van der Waals surface area contributed by atoms with E-state index in [1.807, 2.05) is 24.3 Å². The van der Waals surface area contributed by atoms with Crippen LogP contribution < -0.4 is 10.6 Å². The maximum atomic E-state index is 13.8. The second kappa shape index (κ2) is 7.77. The Morgan fingerprint density at radius 2 is 1.80 bits per heavy atom. The number of benzene rings is 2. The number of hydrogen-bond acceptors (Lipinski definition) is 3. The molecule has 4 nitrogen and oxygen atoms in total. The maximum Gasteiger partial charge on any atom is 0.260 e. The van der Waals surface area contributed by atoms with E-state index in [1.54, 1.807) is 24.5 Å². The number of carbonyl (C=O) groups is 1. The molecule has 0 aliphatic carbocycles. The van der Waals surface area contributed by atoms with Crippen LogP contribution in [0.15, 0.2) is 67.0 Å². The van der Waals surface area contributed by atoms with Crippen molar-refractivity contribution < 1.29 is 9.18 Å². The first kappa shape index (κ1) is 16.9. The van der Waals surface area contributed by atoms with Crippen LogP contribution in [0, 0.1) is 5.82 Å². The molecule has 1 heterocycles.